The standard InChI is InChI=1S/C13H10.C12H14N2/c1-3-7-12-10(5-1)9-11-6-2-4-8-13(11)12;13-11-6-8-12(14,9-7-11)10-4-2-1-3-5-10/h1-8H,9H2;1-8H,9,13-14H2. The molecule has 134 valence electrons. The molecule has 0 amide bonds. The van der Waals surface area contributed by atoms with Crippen molar-refractivity contribution in [3.8, 4) is 11.1 Å². The SMILES string of the molecule is NC1=CCC(N)(c2ccccc2)C=C1.c1ccc2c(c1)Cc1ccccc1-2. The topological polar surface area (TPSA) is 52.0 Å². The third-order valence-electron chi connectivity index (χ3n) is 5.27. The van der Waals surface area contributed by atoms with Crippen LogP contribution in [0.1, 0.15) is 23.1 Å². The lowest BCUT2D eigenvalue weighted by Crippen LogP contribution is -2.35. The summed E-state index contributed by atoms with van der Waals surface area (Å²) in [6.07, 6.45) is 7.67. The van der Waals surface area contributed by atoms with E-state index in [0.29, 0.717) is 0 Å². The second-order valence-corrected chi connectivity index (χ2v) is 7.14. The van der Waals surface area contributed by atoms with Crippen LogP contribution in [0.2, 0.25) is 0 Å². The zero-order valence-electron chi connectivity index (χ0n) is 15.3. The largest absolute Gasteiger partial charge is 0.399 e. The van der Waals surface area contributed by atoms with Gasteiger partial charge in [-0.2, -0.15) is 0 Å². The molecule has 0 aromatic heterocycles. The Labute approximate surface area is 160 Å². The van der Waals surface area contributed by atoms with Crippen molar-refractivity contribution in [1.82, 2.24) is 0 Å². The van der Waals surface area contributed by atoms with Crippen LogP contribution in [0.25, 0.3) is 11.1 Å². The van der Waals surface area contributed by atoms with Crippen molar-refractivity contribution in [2.75, 3.05) is 0 Å². The number of allylic oxidation sites excluding steroid dienone is 1. The third kappa shape index (κ3) is 3.57. The molecule has 0 saturated carbocycles. The Hall–Kier alpha value is -3.10. The summed E-state index contributed by atoms with van der Waals surface area (Å²) in [4.78, 5) is 0. The molecule has 0 radical (unpaired) electrons. The van der Waals surface area contributed by atoms with Gasteiger partial charge in [-0.3, -0.25) is 0 Å². The lowest BCUT2D eigenvalue weighted by molar-refractivity contribution is 0.562. The molecule has 3 aromatic carbocycles. The van der Waals surface area contributed by atoms with Crippen LogP contribution in [0.3, 0.4) is 0 Å². The molecule has 2 aliphatic carbocycles. The minimum atomic E-state index is -0.385. The van der Waals surface area contributed by atoms with Gasteiger partial charge in [-0.15, -0.1) is 0 Å². The predicted molar refractivity (Wildman–Crippen MR) is 113 cm³/mol. The molecule has 0 heterocycles. The van der Waals surface area contributed by atoms with E-state index in [1.54, 1.807) is 0 Å². The Morgan fingerprint density at radius 2 is 1.26 bits per heavy atom. The molecule has 4 N–H and O–H groups in total. The summed E-state index contributed by atoms with van der Waals surface area (Å²) in [6, 6.07) is 27.4. The fraction of sp³-hybridized carbons (Fsp3) is 0.120. The van der Waals surface area contributed by atoms with E-state index in [-0.39, 0.29) is 5.54 Å². The van der Waals surface area contributed by atoms with Crippen molar-refractivity contribution in [1.29, 1.82) is 0 Å². The first-order chi connectivity index (χ1) is 13.2. The highest BCUT2D eigenvalue weighted by Crippen LogP contribution is 2.35. The second kappa shape index (κ2) is 7.26. The summed E-state index contributed by atoms with van der Waals surface area (Å²) in [7, 11) is 0. The minimum absolute atomic E-state index is 0.385. The van der Waals surface area contributed by atoms with Gasteiger partial charge >= 0.3 is 0 Å². The van der Waals surface area contributed by atoms with Gasteiger partial charge in [0.25, 0.3) is 0 Å². The van der Waals surface area contributed by atoms with Crippen LogP contribution >= 0.6 is 0 Å². The summed E-state index contributed by atoms with van der Waals surface area (Å²) in [6.45, 7) is 0. The number of rotatable bonds is 1. The van der Waals surface area contributed by atoms with E-state index in [2.05, 4.69) is 48.5 Å². The Morgan fingerprint density at radius 3 is 1.81 bits per heavy atom. The molecule has 0 spiro atoms. The van der Waals surface area contributed by atoms with Crippen molar-refractivity contribution in [2.45, 2.75) is 18.4 Å². The molecular weight excluding hydrogens is 328 g/mol. The van der Waals surface area contributed by atoms with E-state index in [0.717, 1.165) is 24.1 Å². The van der Waals surface area contributed by atoms with Gasteiger partial charge in [0.2, 0.25) is 0 Å². The summed E-state index contributed by atoms with van der Waals surface area (Å²) in [5.74, 6) is 0. The van der Waals surface area contributed by atoms with E-state index >= 15 is 0 Å². The Kier molecular flexibility index (Phi) is 4.66. The fourth-order valence-corrected chi connectivity index (χ4v) is 3.71. The van der Waals surface area contributed by atoms with Gasteiger partial charge < -0.3 is 11.5 Å². The molecule has 27 heavy (non-hydrogen) atoms. The van der Waals surface area contributed by atoms with E-state index in [4.69, 9.17) is 11.5 Å². The van der Waals surface area contributed by atoms with Crippen LogP contribution in [0.4, 0.5) is 0 Å². The van der Waals surface area contributed by atoms with Crippen LogP contribution in [-0.2, 0) is 12.0 Å². The summed E-state index contributed by atoms with van der Waals surface area (Å²) in [5.41, 5.74) is 19.2. The van der Waals surface area contributed by atoms with Gasteiger partial charge in [0.1, 0.15) is 0 Å². The number of hydrogen-bond donors (Lipinski definition) is 2. The average Bonchev–Trinajstić information content (AvgIpc) is 3.10. The highest BCUT2D eigenvalue weighted by molar-refractivity contribution is 5.76. The number of hydrogen-bond acceptors (Lipinski definition) is 2. The van der Waals surface area contributed by atoms with E-state index < -0.39 is 0 Å². The monoisotopic (exact) mass is 352 g/mol. The Bertz CT molecular complexity index is 958. The summed E-state index contributed by atoms with van der Waals surface area (Å²) >= 11 is 0. The van der Waals surface area contributed by atoms with E-state index in [1.807, 2.05) is 48.6 Å². The van der Waals surface area contributed by atoms with Gasteiger partial charge in [0, 0.05) is 5.70 Å². The molecule has 0 saturated heterocycles. The summed E-state index contributed by atoms with van der Waals surface area (Å²) in [5, 5.41) is 0. The summed E-state index contributed by atoms with van der Waals surface area (Å²) < 4.78 is 0. The molecule has 0 bridgehead atoms. The molecule has 1 unspecified atom stereocenters. The van der Waals surface area contributed by atoms with Gasteiger partial charge in [-0.1, -0.05) is 91.0 Å². The maximum atomic E-state index is 6.26. The molecule has 2 nitrogen and oxygen atoms in total. The number of fused-ring (bicyclic) bond motifs is 3. The molecule has 0 aliphatic heterocycles. The highest BCUT2D eigenvalue weighted by atomic mass is 14.7. The van der Waals surface area contributed by atoms with Crippen LogP contribution in [-0.4, -0.2) is 0 Å². The zero-order chi connectivity index (χ0) is 18.7. The first-order valence-corrected chi connectivity index (χ1v) is 9.31. The fourth-order valence-electron chi connectivity index (χ4n) is 3.71. The van der Waals surface area contributed by atoms with Crippen LogP contribution in [0.5, 0.6) is 0 Å². The predicted octanol–water partition coefficient (Wildman–Crippen LogP) is 4.90. The van der Waals surface area contributed by atoms with Crippen LogP contribution < -0.4 is 11.5 Å². The zero-order valence-corrected chi connectivity index (χ0v) is 15.3. The number of nitrogens with two attached hydrogens (primary N) is 2. The van der Waals surface area contributed by atoms with Crippen molar-refractivity contribution in [2.24, 2.45) is 11.5 Å². The lowest BCUT2D eigenvalue weighted by Gasteiger charge is -2.27. The maximum absolute atomic E-state index is 6.26. The average molecular weight is 352 g/mol. The van der Waals surface area contributed by atoms with Crippen LogP contribution in [0, 0.1) is 0 Å². The first-order valence-electron chi connectivity index (χ1n) is 9.31. The molecule has 1 atom stereocenters. The van der Waals surface area contributed by atoms with Gasteiger partial charge in [-0.05, 0) is 46.7 Å². The lowest BCUT2D eigenvalue weighted by atomic mass is 9.84. The van der Waals surface area contributed by atoms with Crippen molar-refractivity contribution >= 4 is 0 Å². The Balaban J connectivity index is 0.000000134. The molecular formula is C25H24N2. The van der Waals surface area contributed by atoms with Crippen LogP contribution in [0.15, 0.2) is 103 Å². The third-order valence-corrected chi connectivity index (χ3v) is 5.27. The van der Waals surface area contributed by atoms with Gasteiger partial charge in [0.05, 0.1) is 5.54 Å². The molecule has 3 aromatic rings. The minimum Gasteiger partial charge on any atom is -0.399 e. The molecule has 2 aliphatic rings. The first kappa shape index (κ1) is 17.3. The quantitative estimate of drug-likeness (QED) is 0.512. The van der Waals surface area contributed by atoms with Crippen molar-refractivity contribution in [3.05, 3.63) is 119 Å². The molecule has 2 heteroatoms. The van der Waals surface area contributed by atoms with Crippen molar-refractivity contribution < 1.29 is 0 Å². The Morgan fingerprint density at radius 1 is 0.704 bits per heavy atom. The highest BCUT2D eigenvalue weighted by Gasteiger charge is 2.24. The van der Waals surface area contributed by atoms with Crippen molar-refractivity contribution in [3.63, 3.8) is 0 Å². The van der Waals surface area contributed by atoms with Gasteiger partial charge in [0.15, 0.2) is 0 Å². The number of benzene rings is 3. The van der Waals surface area contributed by atoms with Gasteiger partial charge in [-0.25, -0.2) is 0 Å². The molecule has 5 rings (SSSR count). The smallest absolute Gasteiger partial charge is 0.0634 e. The van der Waals surface area contributed by atoms with E-state index in [1.165, 1.54) is 22.3 Å². The molecule has 0 fully saturated rings. The second-order valence-electron chi connectivity index (χ2n) is 7.14. The maximum Gasteiger partial charge on any atom is 0.0634 e. The van der Waals surface area contributed by atoms with E-state index in [9.17, 15) is 0 Å². The normalized spacial score (nSPS) is 19.4.